The first-order valence-electron chi connectivity index (χ1n) is 6.75. The third-order valence-electron chi connectivity index (χ3n) is 3.75. The van der Waals surface area contributed by atoms with Crippen LogP contribution in [0.4, 0.5) is 5.69 Å². The third kappa shape index (κ3) is 2.61. The van der Waals surface area contributed by atoms with Crippen LogP contribution in [0.25, 0.3) is 0 Å². The summed E-state index contributed by atoms with van der Waals surface area (Å²) >= 11 is 0. The number of amides is 2. The van der Waals surface area contributed by atoms with Crippen LogP contribution in [0.1, 0.15) is 17.3 Å². The Morgan fingerprint density at radius 3 is 2.65 bits per heavy atom. The first-order valence-corrected chi connectivity index (χ1v) is 6.75. The zero-order valence-corrected chi connectivity index (χ0v) is 12.5. The fraction of sp³-hybridized carbons (Fsp3) is 0.467. The molecule has 1 unspecified atom stereocenters. The van der Waals surface area contributed by atoms with E-state index in [9.17, 15) is 9.59 Å². The molecule has 2 amide bonds. The van der Waals surface area contributed by atoms with Gasteiger partial charge in [-0.15, -0.1) is 0 Å². The Hall–Kier alpha value is -2.04. The van der Waals surface area contributed by atoms with Crippen molar-refractivity contribution < 1.29 is 9.59 Å². The molecule has 0 aliphatic carbocycles. The lowest BCUT2D eigenvalue weighted by molar-refractivity contribution is -0.137. The van der Waals surface area contributed by atoms with Gasteiger partial charge in [0.25, 0.3) is 5.91 Å². The summed E-state index contributed by atoms with van der Waals surface area (Å²) in [5.74, 6) is -0.0870. The normalized spacial score (nSPS) is 19.2. The van der Waals surface area contributed by atoms with Crippen LogP contribution in [-0.2, 0) is 4.79 Å². The highest BCUT2D eigenvalue weighted by atomic mass is 16.2. The summed E-state index contributed by atoms with van der Waals surface area (Å²) < 4.78 is 0. The monoisotopic (exact) mass is 275 g/mol. The number of carbonyl (C=O) groups is 2. The Kier molecular flexibility index (Phi) is 3.97. The second-order valence-corrected chi connectivity index (χ2v) is 5.38. The van der Waals surface area contributed by atoms with Gasteiger partial charge < -0.3 is 14.7 Å². The van der Waals surface area contributed by atoms with Crippen LogP contribution in [0.2, 0.25) is 0 Å². The van der Waals surface area contributed by atoms with Gasteiger partial charge in [-0.05, 0) is 25.1 Å². The summed E-state index contributed by atoms with van der Waals surface area (Å²) in [4.78, 5) is 29.8. The highest BCUT2D eigenvalue weighted by molar-refractivity contribution is 5.98. The van der Waals surface area contributed by atoms with Gasteiger partial charge in [-0.2, -0.15) is 0 Å². The van der Waals surface area contributed by atoms with Crippen molar-refractivity contribution >= 4 is 17.5 Å². The van der Waals surface area contributed by atoms with Crippen LogP contribution in [0.3, 0.4) is 0 Å². The van der Waals surface area contributed by atoms with Gasteiger partial charge in [-0.25, -0.2) is 0 Å². The molecule has 0 aromatic heterocycles. The van der Waals surface area contributed by atoms with Gasteiger partial charge in [-0.3, -0.25) is 9.59 Å². The fourth-order valence-electron chi connectivity index (χ4n) is 2.37. The molecular weight excluding hydrogens is 254 g/mol. The van der Waals surface area contributed by atoms with Crippen LogP contribution in [0.15, 0.2) is 24.3 Å². The second kappa shape index (κ2) is 5.53. The molecule has 0 radical (unpaired) electrons. The molecule has 2 rings (SSSR count). The van der Waals surface area contributed by atoms with Crippen molar-refractivity contribution in [1.29, 1.82) is 0 Å². The molecule has 1 fully saturated rings. The van der Waals surface area contributed by atoms with E-state index in [0.29, 0.717) is 18.7 Å². The minimum Gasteiger partial charge on any atom is -0.378 e. The summed E-state index contributed by atoms with van der Waals surface area (Å²) in [7, 11) is 5.64. The van der Waals surface area contributed by atoms with Crippen molar-refractivity contribution in [3.8, 4) is 0 Å². The Labute approximate surface area is 119 Å². The van der Waals surface area contributed by atoms with Gasteiger partial charge >= 0.3 is 0 Å². The SMILES string of the molecule is CC1C(=O)N(C)CCN1C(=O)c1cccc(N(C)C)c1. The van der Waals surface area contributed by atoms with Gasteiger partial charge in [0.05, 0.1) is 0 Å². The maximum absolute atomic E-state index is 12.6. The van der Waals surface area contributed by atoms with Gasteiger partial charge in [0.2, 0.25) is 5.91 Å². The van der Waals surface area contributed by atoms with Crippen molar-refractivity contribution in [2.45, 2.75) is 13.0 Å². The van der Waals surface area contributed by atoms with Gasteiger partial charge in [-0.1, -0.05) is 6.07 Å². The maximum Gasteiger partial charge on any atom is 0.254 e. The van der Waals surface area contributed by atoms with E-state index in [-0.39, 0.29) is 11.8 Å². The van der Waals surface area contributed by atoms with Crippen molar-refractivity contribution in [1.82, 2.24) is 9.80 Å². The summed E-state index contributed by atoms with van der Waals surface area (Å²) in [6, 6.07) is 7.08. The average Bonchev–Trinajstić information content (AvgIpc) is 2.44. The Morgan fingerprint density at radius 1 is 1.30 bits per heavy atom. The van der Waals surface area contributed by atoms with E-state index in [2.05, 4.69) is 0 Å². The van der Waals surface area contributed by atoms with Gasteiger partial charge in [0.15, 0.2) is 0 Å². The van der Waals surface area contributed by atoms with E-state index in [1.54, 1.807) is 29.8 Å². The lowest BCUT2D eigenvalue weighted by atomic mass is 10.1. The molecule has 1 heterocycles. The fourth-order valence-corrected chi connectivity index (χ4v) is 2.37. The Balaban J connectivity index is 2.23. The van der Waals surface area contributed by atoms with Crippen molar-refractivity contribution in [3.05, 3.63) is 29.8 Å². The van der Waals surface area contributed by atoms with E-state index in [1.165, 1.54) is 0 Å². The molecule has 1 atom stereocenters. The molecule has 1 saturated heterocycles. The zero-order valence-electron chi connectivity index (χ0n) is 12.5. The van der Waals surface area contributed by atoms with E-state index >= 15 is 0 Å². The number of rotatable bonds is 2. The van der Waals surface area contributed by atoms with Crippen molar-refractivity contribution in [2.75, 3.05) is 39.1 Å². The summed E-state index contributed by atoms with van der Waals surface area (Å²) in [6.45, 7) is 2.95. The first-order chi connectivity index (χ1) is 9.41. The smallest absolute Gasteiger partial charge is 0.254 e. The Morgan fingerprint density at radius 2 is 2.00 bits per heavy atom. The number of anilines is 1. The summed E-state index contributed by atoms with van der Waals surface area (Å²) in [6.07, 6.45) is 0. The Bertz CT molecular complexity index is 528. The lowest BCUT2D eigenvalue weighted by Crippen LogP contribution is -2.56. The van der Waals surface area contributed by atoms with Crippen LogP contribution < -0.4 is 4.90 Å². The molecular formula is C15H21N3O2. The molecule has 1 aromatic carbocycles. The number of likely N-dealkylation sites (N-methyl/N-ethyl adjacent to an activating group) is 1. The predicted molar refractivity (Wildman–Crippen MR) is 78.9 cm³/mol. The van der Waals surface area contributed by atoms with Crippen molar-refractivity contribution in [2.24, 2.45) is 0 Å². The topological polar surface area (TPSA) is 43.9 Å². The third-order valence-corrected chi connectivity index (χ3v) is 3.75. The number of carbonyl (C=O) groups excluding carboxylic acids is 2. The molecule has 0 N–H and O–H groups in total. The molecule has 108 valence electrons. The second-order valence-electron chi connectivity index (χ2n) is 5.38. The van der Waals surface area contributed by atoms with Crippen LogP contribution in [0.5, 0.6) is 0 Å². The van der Waals surface area contributed by atoms with E-state index in [0.717, 1.165) is 5.69 Å². The highest BCUT2D eigenvalue weighted by Gasteiger charge is 2.32. The minimum atomic E-state index is -0.399. The molecule has 0 spiro atoms. The lowest BCUT2D eigenvalue weighted by Gasteiger charge is -2.37. The van der Waals surface area contributed by atoms with Crippen molar-refractivity contribution in [3.63, 3.8) is 0 Å². The van der Waals surface area contributed by atoms with E-state index in [1.807, 2.05) is 37.2 Å². The summed E-state index contributed by atoms with van der Waals surface area (Å²) in [5, 5.41) is 0. The number of benzene rings is 1. The molecule has 20 heavy (non-hydrogen) atoms. The molecule has 0 bridgehead atoms. The standard InChI is InChI=1S/C15H21N3O2/c1-11-14(19)17(4)8-9-18(11)15(20)12-6-5-7-13(10-12)16(2)3/h5-7,10-11H,8-9H2,1-4H3. The quantitative estimate of drug-likeness (QED) is 0.810. The number of hydrogen-bond acceptors (Lipinski definition) is 3. The predicted octanol–water partition coefficient (Wildman–Crippen LogP) is 1.06. The summed E-state index contributed by atoms with van der Waals surface area (Å²) in [5.41, 5.74) is 1.60. The van der Waals surface area contributed by atoms with Gasteiger partial charge in [0, 0.05) is 45.5 Å². The number of hydrogen-bond donors (Lipinski definition) is 0. The molecule has 1 aromatic rings. The molecule has 5 nitrogen and oxygen atoms in total. The number of nitrogens with zero attached hydrogens (tertiary/aromatic N) is 3. The van der Waals surface area contributed by atoms with E-state index in [4.69, 9.17) is 0 Å². The van der Waals surface area contributed by atoms with Crippen LogP contribution in [0, 0.1) is 0 Å². The van der Waals surface area contributed by atoms with Crippen LogP contribution >= 0.6 is 0 Å². The molecule has 1 aliphatic rings. The first kappa shape index (κ1) is 14.4. The highest BCUT2D eigenvalue weighted by Crippen LogP contribution is 2.18. The van der Waals surface area contributed by atoms with Crippen LogP contribution in [-0.4, -0.2) is 61.9 Å². The van der Waals surface area contributed by atoms with Gasteiger partial charge in [0.1, 0.15) is 6.04 Å². The molecule has 0 saturated carbocycles. The minimum absolute atomic E-state index is 0.00614. The zero-order chi connectivity index (χ0) is 14.9. The molecule has 5 heteroatoms. The van der Waals surface area contributed by atoms with E-state index < -0.39 is 6.04 Å². The number of piperazine rings is 1. The largest absolute Gasteiger partial charge is 0.378 e. The molecule has 1 aliphatic heterocycles. The maximum atomic E-state index is 12.6. The average molecular weight is 275 g/mol.